The molecule has 1 unspecified atom stereocenters. The average molecular weight is 223 g/mol. The molecule has 3 heteroatoms. The number of halogens is 1. The van der Waals surface area contributed by atoms with Crippen molar-refractivity contribution < 1.29 is 9.47 Å². The predicted molar refractivity (Wildman–Crippen MR) is 48.2 cm³/mol. The van der Waals surface area contributed by atoms with Crippen LogP contribution in [0.2, 0.25) is 0 Å². The van der Waals surface area contributed by atoms with Crippen molar-refractivity contribution in [3.05, 3.63) is 0 Å². The Morgan fingerprint density at radius 2 is 2.36 bits per heavy atom. The molecule has 0 spiro atoms. The number of alkyl halides is 1. The van der Waals surface area contributed by atoms with Gasteiger partial charge >= 0.3 is 0 Å². The van der Waals surface area contributed by atoms with Gasteiger partial charge in [-0.15, -0.1) is 0 Å². The second-order valence-corrected chi connectivity index (χ2v) is 3.85. The molecule has 0 radical (unpaired) electrons. The van der Waals surface area contributed by atoms with Gasteiger partial charge in [0, 0.05) is 18.4 Å². The topological polar surface area (TPSA) is 18.5 Å². The minimum Gasteiger partial charge on any atom is -0.378 e. The van der Waals surface area contributed by atoms with Gasteiger partial charge in [-0.05, 0) is 13.8 Å². The Bertz CT molecular complexity index is 119. The molecule has 0 N–H and O–H groups in total. The van der Waals surface area contributed by atoms with Gasteiger partial charge in [0.2, 0.25) is 0 Å². The standard InChI is InChI=1S/C8H15BrO2/c1-7(2)11-8(5-9)3-4-10-6-8/h7H,3-6H2,1-2H3. The number of hydrogen-bond donors (Lipinski definition) is 0. The zero-order valence-corrected chi connectivity index (χ0v) is 8.69. The van der Waals surface area contributed by atoms with E-state index in [0.717, 1.165) is 25.0 Å². The van der Waals surface area contributed by atoms with Crippen molar-refractivity contribution in [2.24, 2.45) is 0 Å². The van der Waals surface area contributed by atoms with Crippen LogP contribution in [0.3, 0.4) is 0 Å². The Morgan fingerprint density at radius 3 is 2.73 bits per heavy atom. The van der Waals surface area contributed by atoms with Crippen LogP contribution in [0.4, 0.5) is 0 Å². The Hall–Kier alpha value is 0.400. The van der Waals surface area contributed by atoms with Gasteiger partial charge in [0.15, 0.2) is 0 Å². The van der Waals surface area contributed by atoms with E-state index in [9.17, 15) is 0 Å². The summed E-state index contributed by atoms with van der Waals surface area (Å²) in [5, 5.41) is 0.873. The first-order valence-electron chi connectivity index (χ1n) is 4.00. The lowest BCUT2D eigenvalue weighted by Crippen LogP contribution is -2.37. The molecule has 66 valence electrons. The first kappa shape index (κ1) is 9.49. The first-order valence-corrected chi connectivity index (χ1v) is 5.12. The van der Waals surface area contributed by atoms with Crippen LogP contribution < -0.4 is 0 Å². The molecule has 1 heterocycles. The Morgan fingerprint density at radius 1 is 1.64 bits per heavy atom. The van der Waals surface area contributed by atoms with Crippen LogP contribution in [-0.2, 0) is 9.47 Å². The lowest BCUT2D eigenvalue weighted by atomic mass is 10.1. The van der Waals surface area contributed by atoms with Crippen LogP contribution in [0, 0.1) is 0 Å². The van der Waals surface area contributed by atoms with Gasteiger partial charge in [0.1, 0.15) is 5.60 Å². The van der Waals surface area contributed by atoms with Crippen molar-refractivity contribution in [3.8, 4) is 0 Å². The number of ether oxygens (including phenoxy) is 2. The molecule has 1 rings (SSSR count). The molecule has 0 saturated carbocycles. The van der Waals surface area contributed by atoms with E-state index in [1.54, 1.807) is 0 Å². The molecule has 0 aromatic rings. The van der Waals surface area contributed by atoms with Crippen LogP contribution in [0.1, 0.15) is 20.3 Å². The van der Waals surface area contributed by atoms with E-state index in [1.807, 2.05) is 0 Å². The van der Waals surface area contributed by atoms with Crippen molar-refractivity contribution >= 4 is 15.9 Å². The third-order valence-corrected chi connectivity index (χ3v) is 2.82. The lowest BCUT2D eigenvalue weighted by Gasteiger charge is -2.27. The Balaban J connectivity index is 2.45. The van der Waals surface area contributed by atoms with Crippen LogP contribution in [0.15, 0.2) is 0 Å². The maximum absolute atomic E-state index is 5.78. The molecule has 11 heavy (non-hydrogen) atoms. The van der Waals surface area contributed by atoms with Crippen LogP contribution in [-0.4, -0.2) is 30.2 Å². The summed E-state index contributed by atoms with van der Waals surface area (Å²) in [5.74, 6) is 0. The number of rotatable bonds is 3. The summed E-state index contributed by atoms with van der Waals surface area (Å²) < 4.78 is 11.1. The molecule has 0 bridgehead atoms. The van der Waals surface area contributed by atoms with Gasteiger partial charge in [-0.25, -0.2) is 0 Å². The second kappa shape index (κ2) is 3.87. The number of hydrogen-bond acceptors (Lipinski definition) is 2. The molecule has 1 aliphatic heterocycles. The lowest BCUT2D eigenvalue weighted by molar-refractivity contribution is -0.0653. The average Bonchev–Trinajstić information content (AvgIpc) is 2.36. The van der Waals surface area contributed by atoms with Crippen LogP contribution >= 0.6 is 15.9 Å². The van der Waals surface area contributed by atoms with Gasteiger partial charge < -0.3 is 9.47 Å². The predicted octanol–water partition coefficient (Wildman–Crippen LogP) is 1.97. The van der Waals surface area contributed by atoms with Crippen molar-refractivity contribution in [2.45, 2.75) is 32.0 Å². The van der Waals surface area contributed by atoms with Gasteiger partial charge in [-0.2, -0.15) is 0 Å². The highest BCUT2D eigenvalue weighted by Gasteiger charge is 2.35. The van der Waals surface area contributed by atoms with Gasteiger partial charge in [0.25, 0.3) is 0 Å². The normalized spacial score (nSPS) is 31.6. The molecule has 1 atom stereocenters. The third kappa shape index (κ3) is 2.42. The van der Waals surface area contributed by atoms with E-state index in [0.29, 0.717) is 0 Å². The summed E-state index contributed by atoms with van der Waals surface area (Å²) in [6, 6.07) is 0. The summed E-state index contributed by atoms with van der Waals surface area (Å²) in [5.41, 5.74) is -0.0475. The van der Waals surface area contributed by atoms with Crippen molar-refractivity contribution in [3.63, 3.8) is 0 Å². The maximum atomic E-state index is 5.78. The second-order valence-electron chi connectivity index (χ2n) is 3.29. The third-order valence-electron chi connectivity index (χ3n) is 1.80. The zero-order chi connectivity index (χ0) is 8.32. The summed E-state index contributed by atoms with van der Waals surface area (Å²) in [6.07, 6.45) is 1.30. The SMILES string of the molecule is CC(C)OC1(CBr)CCOC1. The molecule has 0 aromatic carbocycles. The van der Waals surface area contributed by atoms with Gasteiger partial charge in [0.05, 0.1) is 12.7 Å². The van der Waals surface area contributed by atoms with Crippen LogP contribution in [0.5, 0.6) is 0 Å². The van der Waals surface area contributed by atoms with Crippen molar-refractivity contribution in [2.75, 3.05) is 18.5 Å². The minimum atomic E-state index is -0.0475. The maximum Gasteiger partial charge on any atom is 0.104 e. The minimum absolute atomic E-state index is 0.0475. The first-order chi connectivity index (χ1) is 5.18. The molecule has 0 aliphatic carbocycles. The quantitative estimate of drug-likeness (QED) is 0.681. The zero-order valence-electron chi connectivity index (χ0n) is 7.10. The largest absolute Gasteiger partial charge is 0.378 e. The van der Waals surface area contributed by atoms with E-state index in [4.69, 9.17) is 9.47 Å². The molecular weight excluding hydrogens is 208 g/mol. The Labute approximate surface area is 76.4 Å². The summed E-state index contributed by atoms with van der Waals surface area (Å²) >= 11 is 3.46. The summed E-state index contributed by atoms with van der Waals surface area (Å²) in [4.78, 5) is 0. The van der Waals surface area contributed by atoms with E-state index in [2.05, 4.69) is 29.8 Å². The molecular formula is C8H15BrO2. The Kier molecular flexibility index (Phi) is 3.34. The molecule has 0 aromatic heterocycles. The highest BCUT2D eigenvalue weighted by molar-refractivity contribution is 9.09. The monoisotopic (exact) mass is 222 g/mol. The van der Waals surface area contributed by atoms with Gasteiger partial charge in [-0.3, -0.25) is 0 Å². The smallest absolute Gasteiger partial charge is 0.104 e. The van der Waals surface area contributed by atoms with E-state index in [1.165, 1.54) is 0 Å². The molecule has 1 saturated heterocycles. The molecule has 1 fully saturated rings. The molecule has 2 nitrogen and oxygen atoms in total. The summed E-state index contributed by atoms with van der Waals surface area (Å²) in [7, 11) is 0. The van der Waals surface area contributed by atoms with E-state index in [-0.39, 0.29) is 11.7 Å². The fourth-order valence-electron chi connectivity index (χ4n) is 1.32. The summed E-state index contributed by atoms with van der Waals surface area (Å²) in [6.45, 7) is 5.68. The van der Waals surface area contributed by atoms with Gasteiger partial charge in [-0.1, -0.05) is 15.9 Å². The highest BCUT2D eigenvalue weighted by atomic mass is 79.9. The van der Waals surface area contributed by atoms with E-state index >= 15 is 0 Å². The highest BCUT2D eigenvalue weighted by Crippen LogP contribution is 2.26. The van der Waals surface area contributed by atoms with Crippen LogP contribution in [0.25, 0.3) is 0 Å². The fraction of sp³-hybridized carbons (Fsp3) is 1.00. The van der Waals surface area contributed by atoms with E-state index < -0.39 is 0 Å². The van der Waals surface area contributed by atoms with Crippen molar-refractivity contribution in [1.29, 1.82) is 0 Å². The molecule has 0 amide bonds. The molecule has 1 aliphatic rings. The fourth-order valence-corrected chi connectivity index (χ4v) is 1.89. The van der Waals surface area contributed by atoms with Crippen molar-refractivity contribution in [1.82, 2.24) is 0 Å².